The molecule has 3 rings (SSSR count). The zero-order valence-electron chi connectivity index (χ0n) is 15.0. The van der Waals surface area contributed by atoms with Gasteiger partial charge in [-0.15, -0.1) is 11.3 Å². The molecule has 2 amide bonds. The van der Waals surface area contributed by atoms with Crippen LogP contribution in [0.3, 0.4) is 0 Å². The molecule has 3 heterocycles. The second-order valence-electron chi connectivity index (χ2n) is 6.17. The van der Waals surface area contributed by atoms with E-state index >= 15 is 0 Å². The SMILES string of the molecule is CCCN1C(=O)[C@@H](CC(=O)N[C@H](CC)c2cccs2)Sc2ncccc21. The Labute approximate surface area is 162 Å². The Morgan fingerprint density at radius 1 is 1.35 bits per heavy atom. The van der Waals surface area contributed by atoms with Crippen molar-refractivity contribution in [3.8, 4) is 0 Å². The summed E-state index contributed by atoms with van der Waals surface area (Å²) >= 11 is 3.03. The largest absolute Gasteiger partial charge is 0.348 e. The highest BCUT2D eigenvalue weighted by Crippen LogP contribution is 2.38. The van der Waals surface area contributed by atoms with Crippen molar-refractivity contribution in [2.24, 2.45) is 0 Å². The Morgan fingerprint density at radius 2 is 2.19 bits per heavy atom. The summed E-state index contributed by atoms with van der Waals surface area (Å²) in [5.74, 6) is -0.0939. The van der Waals surface area contributed by atoms with E-state index in [1.165, 1.54) is 11.8 Å². The summed E-state index contributed by atoms with van der Waals surface area (Å²) in [5, 5.41) is 5.48. The molecule has 1 aliphatic heterocycles. The first-order chi connectivity index (χ1) is 12.6. The number of fused-ring (bicyclic) bond motifs is 1. The van der Waals surface area contributed by atoms with Crippen LogP contribution in [0.2, 0.25) is 0 Å². The topological polar surface area (TPSA) is 62.3 Å². The Kier molecular flexibility index (Phi) is 6.32. The standard InChI is InChI=1S/C19H23N3O2S2/c1-3-10-22-14-7-5-9-20-18(14)26-16(19(22)24)12-17(23)21-13(4-2)15-8-6-11-25-15/h5-9,11,13,16H,3-4,10,12H2,1-2H3,(H,21,23)/t13-,16-/m1/s1. The van der Waals surface area contributed by atoms with Crippen molar-refractivity contribution >= 4 is 40.6 Å². The van der Waals surface area contributed by atoms with Crippen LogP contribution < -0.4 is 10.2 Å². The van der Waals surface area contributed by atoms with E-state index in [2.05, 4.69) is 10.3 Å². The number of thioether (sulfide) groups is 1. The van der Waals surface area contributed by atoms with Crippen LogP contribution in [0.1, 0.15) is 44.0 Å². The molecule has 0 unspecified atom stereocenters. The summed E-state index contributed by atoms with van der Waals surface area (Å²) in [7, 11) is 0. The second-order valence-corrected chi connectivity index (χ2v) is 8.34. The molecule has 0 spiro atoms. The van der Waals surface area contributed by atoms with Gasteiger partial charge < -0.3 is 10.2 Å². The number of carbonyl (C=O) groups is 2. The second kappa shape index (κ2) is 8.68. The number of hydrogen-bond acceptors (Lipinski definition) is 5. The molecule has 0 bridgehead atoms. The van der Waals surface area contributed by atoms with Crippen LogP contribution in [0.4, 0.5) is 5.69 Å². The molecule has 2 aromatic heterocycles. The lowest BCUT2D eigenvalue weighted by atomic mass is 10.1. The van der Waals surface area contributed by atoms with E-state index in [0.29, 0.717) is 6.54 Å². The Balaban J connectivity index is 1.71. The monoisotopic (exact) mass is 389 g/mol. The van der Waals surface area contributed by atoms with Crippen molar-refractivity contribution in [2.45, 2.75) is 49.4 Å². The molecule has 0 aromatic carbocycles. The zero-order valence-corrected chi connectivity index (χ0v) is 16.6. The summed E-state index contributed by atoms with van der Waals surface area (Å²) in [6.07, 6.45) is 3.58. The number of pyridine rings is 1. The highest BCUT2D eigenvalue weighted by Gasteiger charge is 2.35. The Hall–Kier alpha value is -1.86. The van der Waals surface area contributed by atoms with Crippen LogP contribution >= 0.6 is 23.1 Å². The van der Waals surface area contributed by atoms with Gasteiger partial charge in [0.1, 0.15) is 5.03 Å². The fraction of sp³-hybridized carbons (Fsp3) is 0.421. The van der Waals surface area contributed by atoms with E-state index in [9.17, 15) is 9.59 Å². The van der Waals surface area contributed by atoms with Crippen LogP contribution in [-0.4, -0.2) is 28.6 Å². The molecule has 26 heavy (non-hydrogen) atoms. The van der Waals surface area contributed by atoms with Gasteiger partial charge in [0, 0.05) is 24.0 Å². The average molecular weight is 390 g/mol. The highest BCUT2D eigenvalue weighted by molar-refractivity contribution is 8.00. The molecule has 5 nitrogen and oxygen atoms in total. The quantitative estimate of drug-likeness (QED) is 0.777. The van der Waals surface area contributed by atoms with Crippen molar-refractivity contribution in [1.29, 1.82) is 0 Å². The normalized spacial score (nSPS) is 17.7. The molecule has 0 radical (unpaired) electrons. The van der Waals surface area contributed by atoms with Crippen LogP contribution in [-0.2, 0) is 9.59 Å². The molecule has 1 aliphatic rings. The molecular formula is C19H23N3O2S2. The lowest BCUT2D eigenvalue weighted by Crippen LogP contribution is -2.44. The van der Waals surface area contributed by atoms with Gasteiger partial charge in [0.2, 0.25) is 11.8 Å². The fourth-order valence-corrected chi connectivity index (χ4v) is 5.04. The maximum absolute atomic E-state index is 12.9. The van der Waals surface area contributed by atoms with E-state index in [4.69, 9.17) is 0 Å². The van der Waals surface area contributed by atoms with Crippen LogP contribution in [0.25, 0.3) is 0 Å². The molecule has 0 fully saturated rings. The third-order valence-electron chi connectivity index (χ3n) is 4.29. The van der Waals surface area contributed by atoms with E-state index in [-0.39, 0.29) is 24.3 Å². The lowest BCUT2D eigenvalue weighted by molar-refractivity contribution is -0.125. The van der Waals surface area contributed by atoms with E-state index in [1.807, 2.05) is 43.5 Å². The summed E-state index contributed by atoms with van der Waals surface area (Å²) in [5.41, 5.74) is 0.853. The minimum absolute atomic E-state index is 0.00308. The van der Waals surface area contributed by atoms with Crippen molar-refractivity contribution in [1.82, 2.24) is 10.3 Å². The predicted octanol–water partition coefficient (Wildman–Crippen LogP) is 4.02. The van der Waals surface area contributed by atoms with Gasteiger partial charge in [-0.05, 0) is 36.4 Å². The number of rotatable bonds is 7. The first-order valence-corrected chi connectivity index (χ1v) is 10.7. The van der Waals surface area contributed by atoms with Gasteiger partial charge in [-0.25, -0.2) is 4.98 Å². The number of carbonyl (C=O) groups excluding carboxylic acids is 2. The van der Waals surface area contributed by atoms with Crippen molar-refractivity contribution in [3.05, 3.63) is 40.7 Å². The molecule has 0 saturated carbocycles. The van der Waals surface area contributed by atoms with Gasteiger partial charge in [-0.2, -0.15) is 0 Å². The molecule has 2 atom stereocenters. The zero-order chi connectivity index (χ0) is 18.5. The summed E-state index contributed by atoms with van der Waals surface area (Å²) in [6, 6.07) is 7.78. The minimum atomic E-state index is -0.426. The first kappa shape index (κ1) is 18.9. The number of hydrogen-bond donors (Lipinski definition) is 1. The molecule has 0 aliphatic carbocycles. The van der Waals surface area contributed by atoms with Crippen molar-refractivity contribution in [2.75, 3.05) is 11.4 Å². The van der Waals surface area contributed by atoms with Crippen LogP contribution in [0.15, 0.2) is 40.9 Å². The number of aromatic nitrogens is 1. The van der Waals surface area contributed by atoms with Gasteiger partial charge in [-0.3, -0.25) is 9.59 Å². The molecule has 1 N–H and O–H groups in total. The summed E-state index contributed by atoms with van der Waals surface area (Å²) < 4.78 is 0. The van der Waals surface area contributed by atoms with E-state index < -0.39 is 5.25 Å². The maximum Gasteiger partial charge on any atom is 0.241 e. The molecule has 7 heteroatoms. The third-order valence-corrected chi connectivity index (χ3v) is 6.46. The Bertz CT molecular complexity index is 764. The van der Waals surface area contributed by atoms with Gasteiger partial charge in [0.25, 0.3) is 0 Å². The van der Waals surface area contributed by atoms with Gasteiger partial charge in [0.05, 0.1) is 17.0 Å². The number of thiophene rings is 1. The van der Waals surface area contributed by atoms with Crippen LogP contribution in [0, 0.1) is 0 Å². The van der Waals surface area contributed by atoms with Gasteiger partial charge >= 0.3 is 0 Å². The molecule has 2 aromatic rings. The first-order valence-electron chi connectivity index (χ1n) is 8.89. The van der Waals surface area contributed by atoms with Crippen molar-refractivity contribution in [3.63, 3.8) is 0 Å². The minimum Gasteiger partial charge on any atom is -0.348 e. The fourth-order valence-electron chi connectivity index (χ4n) is 3.03. The van der Waals surface area contributed by atoms with Gasteiger partial charge in [-0.1, -0.05) is 31.7 Å². The van der Waals surface area contributed by atoms with E-state index in [0.717, 1.165) is 28.4 Å². The molecule has 138 valence electrons. The highest BCUT2D eigenvalue weighted by atomic mass is 32.2. The molecular weight excluding hydrogens is 366 g/mol. The average Bonchev–Trinajstić information content (AvgIpc) is 3.17. The number of amides is 2. The smallest absolute Gasteiger partial charge is 0.241 e. The number of anilines is 1. The maximum atomic E-state index is 12.9. The Morgan fingerprint density at radius 3 is 2.88 bits per heavy atom. The van der Waals surface area contributed by atoms with Gasteiger partial charge in [0.15, 0.2) is 0 Å². The number of nitrogens with zero attached hydrogens (tertiary/aromatic N) is 2. The third kappa shape index (κ3) is 4.10. The summed E-state index contributed by atoms with van der Waals surface area (Å²) in [6.45, 7) is 4.73. The van der Waals surface area contributed by atoms with E-state index in [1.54, 1.807) is 22.4 Å². The summed E-state index contributed by atoms with van der Waals surface area (Å²) in [4.78, 5) is 32.8. The van der Waals surface area contributed by atoms with Crippen LogP contribution in [0.5, 0.6) is 0 Å². The van der Waals surface area contributed by atoms with Crippen molar-refractivity contribution < 1.29 is 9.59 Å². The predicted molar refractivity (Wildman–Crippen MR) is 107 cm³/mol. The number of nitrogens with one attached hydrogen (secondary N) is 1. The lowest BCUT2D eigenvalue weighted by Gasteiger charge is -2.32. The molecule has 0 saturated heterocycles.